The summed E-state index contributed by atoms with van der Waals surface area (Å²) in [6.07, 6.45) is 1.60. The summed E-state index contributed by atoms with van der Waals surface area (Å²) in [5.74, 6) is -0.615. The summed E-state index contributed by atoms with van der Waals surface area (Å²) in [6.45, 7) is 3.45. The van der Waals surface area contributed by atoms with Gasteiger partial charge in [-0.05, 0) is 91.5 Å². The fraction of sp³-hybridized carbons (Fsp3) is 0.0645. The van der Waals surface area contributed by atoms with Crippen LogP contribution >= 0.6 is 34.9 Å². The molecular weight excluding hydrogens is 635 g/mol. The Morgan fingerprint density at radius 1 is 1.02 bits per heavy atom. The van der Waals surface area contributed by atoms with E-state index in [-0.39, 0.29) is 23.4 Å². The molecule has 1 fully saturated rings. The number of aryl methyl sites for hydroxylation is 1. The zero-order valence-corrected chi connectivity index (χ0v) is 25.8. The molecule has 3 aromatic carbocycles. The number of nitrogens with one attached hydrogen (secondary N) is 1. The zero-order chi connectivity index (χ0) is 31.4. The van der Waals surface area contributed by atoms with Crippen molar-refractivity contribution in [3.63, 3.8) is 0 Å². The molecule has 2 aliphatic rings. The van der Waals surface area contributed by atoms with Gasteiger partial charge in [0.1, 0.15) is 5.76 Å². The third-order valence-electron chi connectivity index (χ3n) is 7.17. The zero-order valence-electron chi connectivity index (χ0n) is 23.4. The van der Waals surface area contributed by atoms with Gasteiger partial charge < -0.3 is 9.73 Å². The minimum absolute atomic E-state index is 0.0311. The minimum atomic E-state index is -0.450. The number of amides is 3. The molecule has 0 radical (unpaired) electrons. The molecule has 0 saturated carbocycles. The summed E-state index contributed by atoms with van der Waals surface area (Å²) in [5, 5.41) is 14.9. The molecule has 45 heavy (non-hydrogen) atoms. The Labute approximate surface area is 267 Å². The molecule has 3 amide bonds. The minimum Gasteiger partial charge on any atom is -0.450 e. The number of nitro benzene ring substituents is 1. The van der Waals surface area contributed by atoms with Crippen molar-refractivity contribution in [3.8, 4) is 0 Å². The smallest absolute Gasteiger partial charge is 0.274 e. The summed E-state index contributed by atoms with van der Waals surface area (Å²) in [6, 6.07) is 18.6. The van der Waals surface area contributed by atoms with Gasteiger partial charge in [-0.15, -0.1) is 11.3 Å². The van der Waals surface area contributed by atoms with Gasteiger partial charge in [-0.2, -0.15) is 0 Å². The predicted octanol–water partition coefficient (Wildman–Crippen LogP) is 7.26. The van der Waals surface area contributed by atoms with Crippen LogP contribution < -0.4 is 10.2 Å². The van der Waals surface area contributed by atoms with E-state index in [1.165, 1.54) is 34.1 Å². The number of aliphatic imine (C=N–C) groups is 1. The summed E-state index contributed by atoms with van der Waals surface area (Å²) in [7, 11) is 0. The van der Waals surface area contributed by atoms with Gasteiger partial charge in [-0.3, -0.25) is 24.5 Å². The van der Waals surface area contributed by atoms with Crippen molar-refractivity contribution >= 4 is 91.1 Å². The highest BCUT2D eigenvalue weighted by molar-refractivity contribution is 8.18. The van der Waals surface area contributed by atoms with Crippen molar-refractivity contribution < 1.29 is 23.7 Å². The average molecular weight is 654 g/mol. The fourth-order valence-corrected chi connectivity index (χ4v) is 7.68. The molecule has 7 rings (SSSR count). The van der Waals surface area contributed by atoms with Crippen molar-refractivity contribution in [2.45, 2.75) is 23.3 Å². The number of rotatable bonds is 6. The van der Waals surface area contributed by atoms with Gasteiger partial charge in [0.2, 0.25) is 0 Å². The molecule has 11 nitrogen and oxygen atoms in total. The van der Waals surface area contributed by atoms with Crippen LogP contribution in [0.5, 0.6) is 0 Å². The van der Waals surface area contributed by atoms with Crippen LogP contribution in [0.3, 0.4) is 0 Å². The lowest BCUT2D eigenvalue weighted by Crippen LogP contribution is -2.29. The van der Waals surface area contributed by atoms with E-state index in [2.05, 4.69) is 15.3 Å². The molecule has 0 spiro atoms. The number of imide groups is 1. The number of furan rings is 1. The topological polar surface area (TPSA) is 148 Å². The summed E-state index contributed by atoms with van der Waals surface area (Å²) in [5.41, 5.74) is 3.60. The number of anilines is 1. The van der Waals surface area contributed by atoms with Crippen LogP contribution in [0.2, 0.25) is 0 Å². The van der Waals surface area contributed by atoms with Crippen LogP contribution in [0.4, 0.5) is 17.1 Å². The average Bonchev–Trinajstić information content (AvgIpc) is 3.77. The monoisotopic (exact) mass is 653 g/mol. The number of amidine groups is 1. The van der Waals surface area contributed by atoms with Crippen molar-refractivity contribution in [3.05, 3.63) is 110 Å². The molecule has 0 aliphatic carbocycles. The van der Waals surface area contributed by atoms with Gasteiger partial charge in [-0.25, -0.2) is 14.9 Å². The van der Waals surface area contributed by atoms with Gasteiger partial charge in [0.05, 0.1) is 42.5 Å². The van der Waals surface area contributed by atoms with E-state index >= 15 is 0 Å². The summed E-state index contributed by atoms with van der Waals surface area (Å²) in [4.78, 5) is 60.0. The molecule has 1 saturated heterocycles. The molecule has 222 valence electrons. The quantitative estimate of drug-likeness (QED) is 0.0865. The third kappa shape index (κ3) is 5.32. The Kier molecular flexibility index (Phi) is 7.11. The van der Waals surface area contributed by atoms with Gasteiger partial charge >= 0.3 is 0 Å². The van der Waals surface area contributed by atoms with Crippen molar-refractivity contribution in [2.75, 3.05) is 4.90 Å². The van der Waals surface area contributed by atoms with Crippen LogP contribution in [-0.4, -0.2) is 32.8 Å². The Balaban J connectivity index is 1.06. The predicted molar refractivity (Wildman–Crippen MR) is 173 cm³/mol. The van der Waals surface area contributed by atoms with Crippen molar-refractivity contribution in [1.82, 2.24) is 10.3 Å². The van der Waals surface area contributed by atoms with Crippen LogP contribution in [0.25, 0.3) is 16.3 Å². The van der Waals surface area contributed by atoms with E-state index in [9.17, 15) is 24.5 Å². The van der Waals surface area contributed by atoms with E-state index in [1.54, 1.807) is 80.6 Å². The molecule has 2 aliphatic heterocycles. The molecule has 4 heterocycles. The standard InChI is InChI=1S/C31H19N5O6S3/c1-15-11-17(12-23(16(15)2)36(40)41)32-30-34-27(37)25(43-30)14-19-8-10-26(42-19)45-31-33-22-9-7-18(13-24(22)44-31)35-28(38)20-5-3-4-6-21(20)29(35)39/h3-14H,1-2H3,(H,32,34,37)/b25-14-. The maximum atomic E-state index is 12.9. The first-order valence-electron chi connectivity index (χ1n) is 13.4. The van der Waals surface area contributed by atoms with Gasteiger partial charge in [0, 0.05) is 17.7 Å². The lowest BCUT2D eigenvalue weighted by Gasteiger charge is -2.13. The van der Waals surface area contributed by atoms with E-state index in [0.717, 1.165) is 27.5 Å². The largest absolute Gasteiger partial charge is 0.450 e. The van der Waals surface area contributed by atoms with Gasteiger partial charge in [0.15, 0.2) is 14.6 Å². The molecule has 0 atom stereocenters. The first kappa shape index (κ1) is 28.7. The van der Waals surface area contributed by atoms with Crippen molar-refractivity contribution in [1.29, 1.82) is 0 Å². The molecule has 1 N–H and O–H groups in total. The van der Waals surface area contributed by atoms with Crippen LogP contribution in [0, 0.1) is 24.0 Å². The number of carbonyl (C=O) groups excluding carboxylic acids is 3. The number of nitro groups is 1. The third-order valence-corrected chi connectivity index (χ3v) is 10.1. The SMILES string of the molecule is Cc1cc(N=C2NC(=O)/C(=C/c3ccc(Sc4nc5ccc(N6C(=O)c7ccccc7C6=O)cc5s4)o3)S2)cc([N+](=O)[O-])c1C. The lowest BCUT2D eigenvalue weighted by molar-refractivity contribution is -0.385. The van der Waals surface area contributed by atoms with Crippen LogP contribution in [0.15, 0.2) is 90.5 Å². The van der Waals surface area contributed by atoms with Crippen LogP contribution in [0.1, 0.15) is 37.6 Å². The van der Waals surface area contributed by atoms with Gasteiger partial charge in [-0.1, -0.05) is 12.1 Å². The number of aromatic nitrogens is 1. The fourth-order valence-electron chi connectivity index (χ4n) is 4.85. The number of fused-ring (bicyclic) bond motifs is 2. The number of thioether (sulfide) groups is 1. The van der Waals surface area contributed by atoms with Crippen molar-refractivity contribution in [2.24, 2.45) is 4.99 Å². The number of hydrogen-bond donors (Lipinski definition) is 1. The number of nitrogens with zero attached hydrogens (tertiary/aromatic N) is 4. The maximum absolute atomic E-state index is 12.9. The molecule has 5 aromatic rings. The number of hydrogen-bond acceptors (Lipinski definition) is 11. The first-order valence-corrected chi connectivity index (χ1v) is 15.8. The first-order chi connectivity index (χ1) is 21.6. The van der Waals surface area contributed by atoms with Crippen LogP contribution in [-0.2, 0) is 4.79 Å². The second-order valence-corrected chi connectivity index (χ2v) is 13.3. The Hall–Kier alpha value is -5.05. The van der Waals surface area contributed by atoms with Gasteiger partial charge in [0.25, 0.3) is 23.4 Å². The second-order valence-electron chi connectivity index (χ2n) is 10.0. The number of carbonyl (C=O) groups is 3. The highest BCUT2D eigenvalue weighted by atomic mass is 32.2. The maximum Gasteiger partial charge on any atom is 0.274 e. The summed E-state index contributed by atoms with van der Waals surface area (Å²) < 4.78 is 7.44. The number of thiazole rings is 1. The molecule has 0 unspecified atom stereocenters. The molecule has 0 bridgehead atoms. The van der Waals surface area contributed by atoms with E-state index in [4.69, 9.17) is 4.42 Å². The Morgan fingerprint density at radius 3 is 2.51 bits per heavy atom. The lowest BCUT2D eigenvalue weighted by atomic mass is 10.1. The van der Waals surface area contributed by atoms with E-state index < -0.39 is 4.92 Å². The molecular formula is C31H19N5O6S3. The second kappa shape index (κ2) is 11.1. The Morgan fingerprint density at radius 2 is 1.78 bits per heavy atom. The number of benzene rings is 3. The highest BCUT2D eigenvalue weighted by Crippen LogP contribution is 2.39. The highest BCUT2D eigenvalue weighted by Gasteiger charge is 2.36. The molecule has 14 heteroatoms. The molecule has 2 aromatic heterocycles. The Bertz CT molecular complexity index is 2150. The summed E-state index contributed by atoms with van der Waals surface area (Å²) >= 11 is 3.82. The van der Waals surface area contributed by atoms with E-state index in [0.29, 0.717) is 53.3 Å². The van der Waals surface area contributed by atoms with E-state index in [1.807, 2.05) is 0 Å². The normalized spacial score (nSPS) is 16.3.